The summed E-state index contributed by atoms with van der Waals surface area (Å²) in [7, 11) is 3.20. The zero-order chi connectivity index (χ0) is 10.2. The van der Waals surface area contributed by atoms with E-state index in [1.807, 2.05) is 6.34 Å². The Bertz CT molecular complexity index is 174. The predicted octanol–water partition coefficient (Wildman–Crippen LogP) is -0.116. The van der Waals surface area contributed by atoms with E-state index in [1.165, 1.54) is 12.5 Å². The molecule has 0 N–H and O–H groups in total. The average Bonchev–Trinajstić information content (AvgIpc) is 2.71. The maximum absolute atomic E-state index is 5.17. The summed E-state index contributed by atoms with van der Waals surface area (Å²) in [6.07, 6.45) is 3.20. The third-order valence-electron chi connectivity index (χ3n) is 2.42. The van der Waals surface area contributed by atoms with Crippen LogP contribution in [0.5, 0.6) is 0 Å². The molecule has 82 valence electrons. The maximum Gasteiger partial charge on any atom is 0.134 e. The molecule has 0 unspecified atom stereocenters. The smallest absolute Gasteiger partial charge is 0.134 e. The van der Waals surface area contributed by atoms with Crippen molar-refractivity contribution in [2.75, 3.05) is 33.9 Å². The van der Waals surface area contributed by atoms with Gasteiger partial charge in [0.25, 0.3) is 0 Å². The standard InChI is InChI=1S/C9H20N2O2Si/c1-12-9(13-2)14-7-3-5-11-6-4-10-8-11/h8-9H,3-7,14H2,1-2H3. The van der Waals surface area contributed by atoms with Gasteiger partial charge in [0.2, 0.25) is 0 Å². The Labute approximate surface area is 88.1 Å². The zero-order valence-corrected chi connectivity index (χ0v) is 10.5. The molecule has 1 aliphatic rings. The summed E-state index contributed by atoms with van der Waals surface area (Å²) in [6, 6.07) is 1.27. The number of nitrogens with zero attached hydrogens (tertiary/aromatic N) is 2. The van der Waals surface area contributed by atoms with Gasteiger partial charge in [0.1, 0.15) is 5.91 Å². The Morgan fingerprint density at radius 1 is 1.50 bits per heavy atom. The molecule has 0 aromatic carbocycles. The number of hydrogen-bond donors (Lipinski definition) is 0. The molecule has 14 heavy (non-hydrogen) atoms. The maximum atomic E-state index is 5.17. The molecule has 0 radical (unpaired) electrons. The fourth-order valence-corrected chi connectivity index (χ4v) is 2.86. The highest BCUT2D eigenvalue weighted by molar-refractivity contribution is 6.36. The van der Waals surface area contributed by atoms with Gasteiger partial charge in [0.15, 0.2) is 0 Å². The van der Waals surface area contributed by atoms with E-state index in [9.17, 15) is 0 Å². The molecule has 0 aromatic rings. The van der Waals surface area contributed by atoms with Gasteiger partial charge in [-0.15, -0.1) is 0 Å². The van der Waals surface area contributed by atoms with E-state index in [4.69, 9.17) is 9.47 Å². The van der Waals surface area contributed by atoms with Gasteiger partial charge in [-0.3, -0.25) is 4.99 Å². The van der Waals surface area contributed by atoms with Crippen LogP contribution in [-0.2, 0) is 9.47 Å². The second kappa shape index (κ2) is 6.97. The topological polar surface area (TPSA) is 34.1 Å². The molecule has 1 rings (SSSR count). The SMILES string of the molecule is COC(OC)[SiH2]CCCN1C=NCC1. The Balaban J connectivity index is 1.95. The fraction of sp³-hybridized carbons (Fsp3) is 0.889. The number of hydrogen-bond acceptors (Lipinski definition) is 4. The van der Waals surface area contributed by atoms with Crippen molar-refractivity contribution in [2.24, 2.45) is 4.99 Å². The molecule has 0 saturated carbocycles. The highest BCUT2D eigenvalue weighted by atomic mass is 28.2. The van der Waals surface area contributed by atoms with Gasteiger partial charge in [0, 0.05) is 27.3 Å². The lowest BCUT2D eigenvalue weighted by molar-refractivity contribution is -0.0441. The normalized spacial score (nSPS) is 16.6. The molecule has 0 aromatic heterocycles. The summed E-state index contributed by atoms with van der Waals surface area (Å²) < 4.78 is 10.3. The van der Waals surface area contributed by atoms with Gasteiger partial charge in [-0.2, -0.15) is 0 Å². The molecule has 5 heteroatoms. The van der Waals surface area contributed by atoms with Gasteiger partial charge >= 0.3 is 0 Å². The van der Waals surface area contributed by atoms with E-state index in [2.05, 4.69) is 9.89 Å². The van der Waals surface area contributed by atoms with Crippen LogP contribution in [0.3, 0.4) is 0 Å². The summed E-state index contributed by atoms with van der Waals surface area (Å²) in [6.45, 7) is 3.20. The van der Waals surface area contributed by atoms with Crippen molar-refractivity contribution in [3.63, 3.8) is 0 Å². The van der Waals surface area contributed by atoms with Crippen LogP contribution in [0.2, 0.25) is 6.04 Å². The van der Waals surface area contributed by atoms with Gasteiger partial charge in [-0.1, -0.05) is 6.04 Å². The minimum Gasteiger partial charge on any atom is -0.361 e. The van der Waals surface area contributed by atoms with Crippen molar-refractivity contribution in [3.8, 4) is 0 Å². The lowest BCUT2D eigenvalue weighted by atomic mass is 10.4. The van der Waals surface area contributed by atoms with E-state index < -0.39 is 0 Å². The summed E-state index contributed by atoms with van der Waals surface area (Å²) in [4.78, 5) is 6.45. The summed E-state index contributed by atoms with van der Waals surface area (Å²) in [5, 5.41) is 0. The van der Waals surface area contributed by atoms with Gasteiger partial charge < -0.3 is 14.4 Å². The van der Waals surface area contributed by atoms with Crippen LogP contribution in [0.4, 0.5) is 0 Å². The molecule has 4 nitrogen and oxygen atoms in total. The van der Waals surface area contributed by atoms with Crippen molar-refractivity contribution in [3.05, 3.63) is 0 Å². The van der Waals surface area contributed by atoms with E-state index in [-0.39, 0.29) is 15.4 Å². The second-order valence-electron chi connectivity index (χ2n) is 3.45. The first-order chi connectivity index (χ1) is 6.86. The molecule has 0 amide bonds. The van der Waals surface area contributed by atoms with Gasteiger partial charge in [-0.25, -0.2) is 0 Å². The second-order valence-corrected chi connectivity index (χ2v) is 5.41. The van der Waals surface area contributed by atoms with Gasteiger partial charge in [0.05, 0.1) is 22.4 Å². The number of rotatable bonds is 7. The first-order valence-corrected chi connectivity index (χ1v) is 6.98. The van der Waals surface area contributed by atoms with Crippen molar-refractivity contribution in [1.29, 1.82) is 0 Å². The Morgan fingerprint density at radius 3 is 2.86 bits per heavy atom. The molecule has 0 saturated heterocycles. The molecule has 1 heterocycles. The molecule has 0 spiro atoms. The zero-order valence-electron chi connectivity index (χ0n) is 9.11. The van der Waals surface area contributed by atoms with Crippen LogP contribution < -0.4 is 0 Å². The third kappa shape index (κ3) is 4.21. The largest absolute Gasteiger partial charge is 0.361 e. The summed E-state index contributed by atoms with van der Waals surface area (Å²) in [5.74, 6) is 0.0993. The van der Waals surface area contributed by atoms with Crippen molar-refractivity contribution in [2.45, 2.75) is 18.4 Å². The molecule has 1 aliphatic heterocycles. The predicted molar refractivity (Wildman–Crippen MR) is 60.7 cm³/mol. The average molecular weight is 216 g/mol. The first kappa shape index (κ1) is 11.7. The number of aliphatic imine (C=N–C) groups is 1. The van der Waals surface area contributed by atoms with Gasteiger partial charge in [-0.05, 0) is 6.42 Å². The van der Waals surface area contributed by atoms with E-state index in [0.717, 1.165) is 19.6 Å². The molecular weight excluding hydrogens is 196 g/mol. The molecule has 0 atom stereocenters. The summed E-state index contributed by atoms with van der Waals surface area (Å²) >= 11 is 0. The number of methoxy groups -OCH3 is 2. The Hall–Kier alpha value is -0.393. The van der Waals surface area contributed by atoms with Crippen LogP contribution in [0.25, 0.3) is 0 Å². The summed E-state index contributed by atoms with van der Waals surface area (Å²) in [5.41, 5.74) is 0. The molecule has 0 bridgehead atoms. The number of ether oxygens (including phenoxy) is 2. The molecular formula is C9H20N2O2Si. The highest BCUT2D eigenvalue weighted by Crippen LogP contribution is 2.00. The lowest BCUT2D eigenvalue weighted by Crippen LogP contribution is -2.24. The minimum absolute atomic E-state index is 0.0993. The highest BCUT2D eigenvalue weighted by Gasteiger charge is 2.07. The van der Waals surface area contributed by atoms with E-state index >= 15 is 0 Å². The van der Waals surface area contributed by atoms with Crippen molar-refractivity contribution >= 4 is 15.9 Å². The Kier molecular flexibility index (Phi) is 5.82. The monoisotopic (exact) mass is 216 g/mol. The van der Waals surface area contributed by atoms with Crippen LogP contribution in [0, 0.1) is 0 Å². The molecule has 0 aliphatic carbocycles. The molecule has 0 fully saturated rings. The van der Waals surface area contributed by atoms with Crippen LogP contribution in [-0.4, -0.2) is 60.5 Å². The van der Waals surface area contributed by atoms with Crippen LogP contribution in [0.1, 0.15) is 6.42 Å². The first-order valence-electron chi connectivity index (χ1n) is 5.16. The quantitative estimate of drug-likeness (QED) is 0.338. The Morgan fingerprint density at radius 2 is 2.29 bits per heavy atom. The van der Waals surface area contributed by atoms with E-state index in [0.29, 0.717) is 0 Å². The lowest BCUT2D eigenvalue weighted by Gasteiger charge is -2.15. The van der Waals surface area contributed by atoms with E-state index in [1.54, 1.807) is 14.2 Å². The van der Waals surface area contributed by atoms with Crippen LogP contribution in [0.15, 0.2) is 4.99 Å². The third-order valence-corrected chi connectivity index (χ3v) is 4.47. The van der Waals surface area contributed by atoms with Crippen LogP contribution >= 0.6 is 0 Å². The fourth-order valence-electron chi connectivity index (χ4n) is 1.54. The van der Waals surface area contributed by atoms with Crippen molar-refractivity contribution < 1.29 is 9.47 Å². The van der Waals surface area contributed by atoms with Crippen molar-refractivity contribution in [1.82, 2.24) is 4.90 Å². The minimum atomic E-state index is -0.228.